The summed E-state index contributed by atoms with van der Waals surface area (Å²) in [7, 11) is 0. The molecule has 3 N–H and O–H groups in total. The molecule has 0 spiro atoms. The number of nitrogens with zero attached hydrogens (tertiary/aromatic N) is 1. The number of hydrogen-bond acceptors (Lipinski definition) is 3. The average molecular weight is 332 g/mol. The summed E-state index contributed by atoms with van der Waals surface area (Å²) in [4.78, 5) is 27.1. The fraction of sp³-hybridized carbons (Fsp3) is 0.105. The normalized spacial score (nSPS) is 10.2. The SMILES string of the molecule is N#Cc1ccccc1NC(=O)CNC(=O)Cc1c[nH]c2ccccc12. The predicted octanol–water partition coefficient (Wildman–Crippen LogP) is 2.34. The second-order valence-corrected chi connectivity index (χ2v) is 5.52. The number of carbonyl (C=O) groups excluding carboxylic acids is 2. The van der Waals surface area contributed by atoms with Crippen LogP contribution in [0.2, 0.25) is 0 Å². The molecule has 6 heteroatoms. The van der Waals surface area contributed by atoms with Crippen molar-refractivity contribution in [3.05, 3.63) is 65.9 Å². The number of para-hydroxylation sites is 2. The minimum atomic E-state index is -0.380. The molecule has 0 saturated heterocycles. The van der Waals surface area contributed by atoms with Gasteiger partial charge in [-0.2, -0.15) is 5.26 Å². The van der Waals surface area contributed by atoms with E-state index in [0.29, 0.717) is 11.3 Å². The summed E-state index contributed by atoms with van der Waals surface area (Å²) in [6.45, 7) is -0.152. The minimum Gasteiger partial charge on any atom is -0.361 e. The molecule has 2 aromatic carbocycles. The van der Waals surface area contributed by atoms with Gasteiger partial charge in [0.15, 0.2) is 0 Å². The molecule has 0 saturated carbocycles. The van der Waals surface area contributed by atoms with E-state index in [1.165, 1.54) is 0 Å². The first-order valence-electron chi connectivity index (χ1n) is 7.78. The fourth-order valence-electron chi connectivity index (χ4n) is 2.58. The Balaban J connectivity index is 1.55. The van der Waals surface area contributed by atoms with Crippen molar-refractivity contribution in [2.45, 2.75) is 6.42 Å². The van der Waals surface area contributed by atoms with Gasteiger partial charge >= 0.3 is 0 Å². The fourth-order valence-corrected chi connectivity index (χ4v) is 2.58. The van der Waals surface area contributed by atoms with Crippen molar-refractivity contribution in [3.63, 3.8) is 0 Å². The van der Waals surface area contributed by atoms with Crippen LogP contribution in [-0.2, 0) is 16.0 Å². The maximum absolute atomic E-state index is 12.1. The number of aromatic amines is 1. The highest BCUT2D eigenvalue weighted by Crippen LogP contribution is 2.18. The van der Waals surface area contributed by atoms with Crippen LogP contribution in [0, 0.1) is 11.3 Å². The first kappa shape index (κ1) is 16.3. The number of nitriles is 1. The molecular weight excluding hydrogens is 316 g/mol. The third-order valence-corrected chi connectivity index (χ3v) is 3.79. The summed E-state index contributed by atoms with van der Waals surface area (Å²) in [5.74, 6) is -0.622. The first-order chi connectivity index (χ1) is 12.2. The summed E-state index contributed by atoms with van der Waals surface area (Å²) in [6.07, 6.45) is 1.99. The van der Waals surface area contributed by atoms with E-state index < -0.39 is 0 Å². The zero-order chi connectivity index (χ0) is 17.6. The van der Waals surface area contributed by atoms with E-state index in [0.717, 1.165) is 16.5 Å². The Kier molecular flexibility index (Phi) is 4.77. The quantitative estimate of drug-likeness (QED) is 0.669. The van der Waals surface area contributed by atoms with Crippen LogP contribution in [0.15, 0.2) is 54.7 Å². The monoisotopic (exact) mass is 332 g/mol. The maximum Gasteiger partial charge on any atom is 0.243 e. The Bertz CT molecular complexity index is 969. The molecule has 0 unspecified atom stereocenters. The van der Waals surface area contributed by atoms with E-state index in [9.17, 15) is 9.59 Å². The van der Waals surface area contributed by atoms with E-state index in [4.69, 9.17) is 5.26 Å². The van der Waals surface area contributed by atoms with Gasteiger partial charge in [0, 0.05) is 17.1 Å². The molecule has 1 aromatic heterocycles. The van der Waals surface area contributed by atoms with Crippen molar-refractivity contribution in [2.75, 3.05) is 11.9 Å². The Hall–Kier alpha value is -3.59. The molecule has 3 aromatic rings. The van der Waals surface area contributed by atoms with Gasteiger partial charge in [-0.1, -0.05) is 30.3 Å². The van der Waals surface area contributed by atoms with E-state index in [-0.39, 0.29) is 24.8 Å². The standard InChI is InChI=1S/C19H16N4O2/c20-10-13-5-1-3-7-16(13)23-19(25)12-22-18(24)9-14-11-21-17-8-4-2-6-15(14)17/h1-8,11,21H,9,12H2,(H,22,24)(H,23,25). The molecule has 0 bridgehead atoms. The summed E-state index contributed by atoms with van der Waals surface area (Å²) in [5, 5.41) is 15.2. The smallest absolute Gasteiger partial charge is 0.243 e. The van der Waals surface area contributed by atoms with E-state index in [2.05, 4.69) is 15.6 Å². The molecule has 1 heterocycles. The lowest BCUT2D eigenvalue weighted by molar-refractivity contribution is -0.123. The van der Waals surface area contributed by atoms with Crippen LogP contribution in [0.4, 0.5) is 5.69 Å². The van der Waals surface area contributed by atoms with Crippen molar-refractivity contribution in [1.82, 2.24) is 10.3 Å². The number of rotatable bonds is 5. The third-order valence-electron chi connectivity index (χ3n) is 3.79. The molecule has 0 radical (unpaired) electrons. The van der Waals surface area contributed by atoms with Gasteiger partial charge in [-0.3, -0.25) is 9.59 Å². The summed E-state index contributed by atoms with van der Waals surface area (Å²) >= 11 is 0. The Labute approximate surface area is 144 Å². The maximum atomic E-state index is 12.1. The highest BCUT2D eigenvalue weighted by molar-refractivity contribution is 5.96. The first-order valence-corrected chi connectivity index (χ1v) is 7.78. The molecule has 3 rings (SSSR count). The van der Waals surface area contributed by atoms with E-state index in [1.54, 1.807) is 30.5 Å². The van der Waals surface area contributed by atoms with Gasteiger partial charge in [0.25, 0.3) is 0 Å². The number of aromatic nitrogens is 1. The molecule has 0 aliphatic carbocycles. The highest BCUT2D eigenvalue weighted by Gasteiger charge is 2.11. The number of H-pyrrole nitrogens is 1. The molecule has 124 valence electrons. The van der Waals surface area contributed by atoms with Crippen LogP contribution in [-0.4, -0.2) is 23.3 Å². The molecular formula is C19H16N4O2. The number of fused-ring (bicyclic) bond motifs is 1. The average Bonchev–Trinajstić information content (AvgIpc) is 3.03. The lowest BCUT2D eigenvalue weighted by Crippen LogP contribution is -2.33. The largest absolute Gasteiger partial charge is 0.361 e. The lowest BCUT2D eigenvalue weighted by Gasteiger charge is -2.08. The van der Waals surface area contributed by atoms with Crippen molar-refractivity contribution >= 4 is 28.4 Å². The number of hydrogen-bond donors (Lipinski definition) is 3. The van der Waals surface area contributed by atoms with Gasteiger partial charge in [-0.25, -0.2) is 0 Å². The zero-order valence-corrected chi connectivity index (χ0v) is 13.4. The zero-order valence-electron chi connectivity index (χ0n) is 13.4. The van der Waals surface area contributed by atoms with Gasteiger partial charge in [0.05, 0.1) is 24.2 Å². The molecule has 0 aliphatic heterocycles. The molecule has 2 amide bonds. The minimum absolute atomic E-state index is 0.152. The Morgan fingerprint density at radius 2 is 1.80 bits per heavy atom. The predicted molar refractivity (Wildman–Crippen MR) is 94.8 cm³/mol. The number of anilines is 1. The number of nitrogens with one attached hydrogen (secondary N) is 3. The van der Waals surface area contributed by atoms with Crippen LogP contribution in [0.3, 0.4) is 0 Å². The number of benzene rings is 2. The molecule has 6 nitrogen and oxygen atoms in total. The second kappa shape index (κ2) is 7.32. The Morgan fingerprint density at radius 3 is 2.64 bits per heavy atom. The number of carbonyl (C=O) groups is 2. The van der Waals surface area contributed by atoms with Crippen molar-refractivity contribution in [2.24, 2.45) is 0 Å². The summed E-state index contributed by atoms with van der Waals surface area (Å²) < 4.78 is 0. The van der Waals surface area contributed by atoms with Gasteiger partial charge < -0.3 is 15.6 Å². The van der Waals surface area contributed by atoms with Crippen LogP contribution in [0.25, 0.3) is 10.9 Å². The third kappa shape index (κ3) is 3.85. The van der Waals surface area contributed by atoms with Crippen LogP contribution in [0.5, 0.6) is 0 Å². The van der Waals surface area contributed by atoms with Gasteiger partial charge in [-0.05, 0) is 23.8 Å². The lowest BCUT2D eigenvalue weighted by atomic mass is 10.1. The van der Waals surface area contributed by atoms with Gasteiger partial charge in [0.2, 0.25) is 11.8 Å². The topological polar surface area (TPSA) is 97.8 Å². The van der Waals surface area contributed by atoms with Crippen LogP contribution < -0.4 is 10.6 Å². The molecule has 0 atom stereocenters. The second-order valence-electron chi connectivity index (χ2n) is 5.52. The number of amides is 2. The molecule has 0 fully saturated rings. The summed E-state index contributed by atoms with van der Waals surface area (Å²) in [6, 6.07) is 16.4. The Morgan fingerprint density at radius 1 is 1.04 bits per heavy atom. The van der Waals surface area contributed by atoms with Crippen LogP contribution in [0.1, 0.15) is 11.1 Å². The summed E-state index contributed by atoms with van der Waals surface area (Å²) in [5.41, 5.74) is 2.65. The van der Waals surface area contributed by atoms with Crippen molar-refractivity contribution < 1.29 is 9.59 Å². The highest BCUT2D eigenvalue weighted by atomic mass is 16.2. The van der Waals surface area contributed by atoms with Crippen LogP contribution >= 0.6 is 0 Å². The van der Waals surface area contributed by atoms with E-state index >= 15 is 0 Å². The van der Waals surface area contributed by atoms with Gasteiger partial charge in [-0.15, -0.1) is 0 Å². The van der Waals surface area contributed by atoms with Gasteiger partial charge in [0.1, 0.15) is 6.07 Å². The van der Waals surface area contributed by atoms with Crippen molar-refractivity contribution in [3.8, 4) is 6.07 Å². The molecule has 0 aliphatic rings. The van der Waals surface area contributed by atoms with E-state index in [1.807, 2.05) is 30.3 Å². The molecule has 25 heavy (non-hydrogen) atoms. The van der Waals surface area contributed by atoms with Crippen molar-refractivity contribution in [1.29, 1.82) is 5.26 Å².